The Morgan fingerprint density at radius 3 is 2.50 bits per heavy atom. The zero-order valence-electron chi connectivity index (χ0n) is 24.7. The molecule has 3 aromatic rings. The quantitative estimate of drug-likeness (QED) is 0.231. The van der Waals surface area contributed by atoms with E-state index in [1.807, 2.05) is 49.4 Å². The highest BCUT2D eigenvalue weighted by atomic mass is 35.5. The Morgan fingerprint density at radius 2 is 1.82 bits per heavy atom. The Hall–Kier alpha value is -3.84. The molecule has 1 N–H and O–H groups in total. The topological polar surface area (TPSA) is 65.0 Å². The summed E-state index contributed by atoms with van der Waals surface area (Å²) in [5.74, 6) is 1.44. The van der Waals surface area contributed by atoms with Crippen LogP contribution in [0.5, 0.6) is 11.5 Å². The van der Waals surface area contributed by atoms with Gasteiger partial charge in [-0.15, -0.1) is 0 Å². The van der Waals surface area contributed by atoms with E-state index in [0.717, 1.165) is 47.3 Å². The van der Waals surface area contributed by atoms with Gasteiger partial charge in [-0.1, -0.05) is 61.0 Å². The molecule has 1 heterocycles. The molecular formula is C36H35ClF2O5. The van der Waals surface area contributed by atoms with Crippen molar-refractivity contribution >= 4 is 23.1 Å². The monoisotopic (exact) mass is 620 g/mol. The maximum Gasteiger partial charge on any atom is 0.397 e. The zero-order valence-corrected chi connectivity index (χ0v) is 25.5. The average molecular weight is 621 g/mol. The summed E-state index contributed by atoms with van der Waals surface area (Å²) in [5, 5.41) is 9.79. The van der Waals surface area contributed by atoms with Crippen LogP contribution < -0.4 is 9.47 Å². The van der Waals surface area contributed by atoms with Crippen LogP contribution in [0.25, 0.3) is 5.57 Å². The van der Waals surface area contributed by atoms with E-state index >= 15 is 0 Å². The molecule has 8 heteroatoms. The Morgan fingerprint density at radius 1 is 1.07 bits per heavy atom. The van der Waals surface area contributed by atoms with Gasteiger partial charge in [-0.3, -0.25) is 0 Å². The van der Waals surface area contributed by atoms with E-state index in [2.05, 4.69) is 0 Å². The van der Waals surface area contributed by atoms with E-state index in [4.69, 9.17) is 25.8 Å². The molecule has 2 fully saturated rings. The van der Waals surface area contributed by atoms with Crippen LogP contribution >= 0.6 is 11.6 Å². The van der Waals surface area contributed by atoms with Crippen LogP contribution in [-0.4, -0.2) is 29.9 Å². The molecule has 2 aliphatic carbocycles. The minimum absolute atomic E-state index is 0.0659. The first-order valence-corrected chi connectivity index (χ1v) is 15.5. The molecule has 0 radical (unpaired) electrons. The van der Waals surface area contributed by atoms with Gasteiger partial charge in [0.15, 0.2) is 0 Å². The summed E-state index contributed by atoms with van der Waals surface area (Å²) in [4.78, 5) is 11.2. The van der Waals surface area contributed by atoms with Crippen molar-refractivity contribution in [1.82, 2.24) is 0 Å². The summed E-state index contributed by atoms with van der Waals surface area (Å²) in [6.07, 6.45) is 1.82. The van der Waals surface area contributed by atoms with Crippen molar-refractivity contribution < 1.29 is 32.9 Å². The fourth-order valence-corrected chi connectivity index (χ4v) is 6.14. The SMILES string of the molecule is CCC(F)(F)Oc1ccccc1C1=CCC(C)OC(C2CC2)=C1COc1ccc([C@H]2C[C@@H]2c2ccc(C(=O)O)cc2)c(Cl)c1. The van der Waals surface area contributed by atoms with Crippen LogP contribution in [0.3, 0.4) is 0 Å². The van der Waals surface area contributed by atoms with Gasteiger partial charge in [-0.05, 0) is 85.1 Å². The third-order valence-electron chi connectivity index (χ3n) is 8.53. The van der Waals surface area contributed by atoms with E-state index < -0.39 is 18.5 Å². The molecule has 1 unspecified atom stereocenters. The molecule has 5 nitrogen and oxygen atoms in total. The average Bonchev–Trinajstić information content (AvgIpc) is 3.92. The van der Waals surface area contributed by atoms with E-state index in [1.165, 1.54) is 6.92 Å². The van der Waals surface area contributed by atoms with Gasteiger partial charge in [0, 0.05) is 34.9 Å². The number of hydrogen-bond donors (Lipinski definition) is 1. The van der Waals surface area contributed by atoms with E-state index in [-0.39, 0.29) is 41.8 Å². The maximum atomic E-state index is 14.4. The number of rotatable bonds is 11. The van der Waals surface area contributed by atoms with Crippen LogP contribution in [0, 0.1) is 5.92 Å². The summed E-state index contributed by atoms with van der Waals surface area (Å²) < 4.78 is 46.7. The molecule has 44 heavy (non-hydrogen) atoms. The number of ether oxygens (including phenoxy) is 3. The van der Waals surface area contributed by atoms with E-state index in [9.17, 15) is 18.7 Å². The second-order valence-corrected chi connectivity index (χ2v) is 12.2. The smallest absolute Gasteiger partial charge is 0.397 e. The molecule has 230 valence electrons. The lowest BCUT2D eigenvalue weighted by Gasteiger charge is -2.22. The molecule has 6 rings (SSSR count). The lowest BCUT2D eigenvalue weighted by Crippen LogP contribution is -2.23. The standard InChI is InChI=1S/C36H35ClF2O5/c1-3-36(38,39)44-33-7-5-4-6-28(33)26-16-8-21(2)43-34(23-11-12-23)31(26)20-42-25-15-17-27(32(37)18-25)30-19-29(30)22-9-13-24(14-10-22)35(40)41/h4-7,9-10,13-18,21,23,29-30H,3,8,11-12,19-20H2,1-2H3,(H,40,41)/t21?,29-,30-/m1/s1. The highest BCUT2D eigenvalue weighted by Crippen LogP contribution is 2.56. The van der Waals surface area contributed by atoms with Gasteiger partial charge < -0.3 is 19.3 Å². The van der Waals surface area contributed by atoms with Crippen LogP contribution in [-0.2, 0) is 4.74 Å². The molecule has 0 spiro atoms. The van der Waals surface area contributed by atoms with Gasteiger partial charge in [0.2, 0.25) is 0 Å². The molecule has 3 atom stereocenters. The first-order chi connectivity index (χ1) is 21.1. The number of hydrogen-bond acceptors (Lipinski definition) is 4. The fourth-order valence-electron chi connectivity index (χ4n) is 5.83. The van der Waals surface area contributed by atoms with Crippen molar-refractivity contribution in [2.24, 2.45) is 5.92 Å². The predicted molar refractivity (Wildman–Crippen MR) is 166 cm³/mol. The summed E-state index contributed by atoms with van der Waals surface area (Å²) in [7, 11) is 0. The molecule has 3 aliphatic rings. The lowest BCUT2D eigenvalue weighted by atomic mass is 9.94. The van der Waals surface area contributed by atoms with Crippen LogP contribution in [0.2, 0.25) is 5.02 Å². The summed E-state index contributed by atoms with van der Waals surface area (Å²) in [6, 6.07) is 19.6. The number of aromatic carboxylic acids is 1. The third kappa shape index (κ3) is 6.63. The molecule has 0 saturated heterocycles. The van der Waals surface area contributed by atoms with Crippen molar-refractivity contribution in [1.29, 1.82) is 0 Å². The Balaban J connectivity index is 1.23. The summed E-state index contributed by atoms with van der Waals surface area (Å²) >= 11 is 6.77. The van der Waals surface area contributed by atoms with Crippen LogP contribution in [0.1, 0.15) is 84.8 Å². The van der Waals surface area contributed by atoms with Crippen molar-refractivity contribution in [2.45, 2.75) is 70.0 Å². The second kappa shape index (κ2) is 12.3. The highest BCUT2D eigenvalue weighted by molar-refractivity contribution is 6.31. The first-order valence-electron chi connectivity index (χ1n) is 15.2. The molecule has 2 saturated carbocycles. The number of allylic oxidation sites excluding steroid dienone is 1. The molecular weight excluding hydrogens is 586 g/mol. The largest absolute Gasteiger partial charge is 0.494 e. The Kier molecular flexibility index (Phi) is 8.42. The number of para-hydroxylation sites is 1. The second-order valence-electron chi connectivity index (χ2n) is 11.8. The van der Waals surface area contributed by atoms with Crippen molar-refractivity contribution in [3.63, 3.8) is 0 Å². The number of carboxylic acids is 1. The summed E-state index contributed by atoms with van der Waals surface area (Å²) in [6.45, 7) is 3.59. The number of halogens is 3. The number of carboxylic acid groups (broad SMARTS) is 1. The zero-order chi connectivity index (χ0) is 31.0. The van der Waals surface area contributed by atoms with Gasteiger partial charge in [-0.25, -0.2) is 4.79 Å². The number of benzene rings is 3. The third-order valence-corrected chi connectivity index (χ3v) is 8.86. The van der Waals surface area contributed by atoms with Crippen LogP contribution in [0.4, 0.5) is 8.78 Å². The lowest BCUT2D eigenvalue weighted by molar-refractivity contribution is -0.177. The molecule has 3 aromatic carbocycles. The predicted octanol–water partition coefficient (Wildman–Crippen LogP) is 9.63. The first kappa shape index (κ1) is 30.2. The number of alkyl halides is 2. The minimum atomic E-state index is -3.29. The maximum absolute atomic E-state index is 14.4. The molecule has 1 aliphatic heterocycles. The molecule has 0 bridgehead atoms. The minimum Gasteiger partial charge on any atom is -0.494 e. The van der Waals surface area contributed by atoms with E-state index in [0.29, 0.717) is 22.8 Å². The van der Waals surface area contributed by atoms with Crippen molar-refractivity contribution in [3.8, 4) is 11.5 Å². The highest BCUT2D eigenvalue weighted by Gasteiger charge is 2.41. The van der Waals surface area contributed by atoms with E-state index in [1.54, 1.807) is 30.3 Å². The van der Waals surface area contributed by atoms with Gasteiger partial charge in [0.25, 0.3) is 0 Å². The van der Waals surface area contributed by atoms with Crippen molar-refractivity contribution in [2.75, 3.05) is 6.61 Å². The van der Waals surface area contributed by atoms with Gasteiger partial charge >= 0.3 is 12.1 Å². The normalized spacial score (nSPS) is 21.7. The molecule has 0 amide bonds. The van der Waals surface area contributed by atoms with Gasteiger partial charge in [0.1, 0.15) is 23.9 Å². The van der Waals surface area contributed by atoms with Gasteiger partial charge in [0.05, 0.1) is 11.7 Å². The van der Waals surface area contributed by atoms with Crippen LogP contribution in [0.15, 0.2) is 84.1 Å². The summed E-state index contributed by atoms with van der Waals surface area (Å²) in [5.41, 5.74) is 4.60. The molecule has 0 aromatic heterocycles. The van der Waals surface area contributed by atoms with Gasteiger partial charge in [-0.2, -0.15) is 8.78 Å². The number of carbonyl (C=O) groups is 1. The Labute approximate surface area is 261 Å². The fraction of sp³-hybridized carbons (Fsp3) is 0.361. The van der Waals surface area contributed by atoms with Crippen molar-refractivity contribution in [3.05, 3.63) is 111 Å². The Bertz CT molecular complexity index is 1610.